The van der Waals surface area contributed by atoms with Gasteiger partial charge in [0.15, 0.2) is 5.11 Å². The molecule has 0 aliphatic carbocycles. The van der Waals surface area contributed by atoms with E-state index in [0.717, 1.165) is 0 Å². The van der Waals surface area contributed by atoms with Gasteiger partial charge in [-0.3, -0.25) is 15.6 Å². The van der Waals surface area contributed by atoms with Crippen molar-refractivity contribution in [1.29, 1.82) is 0 Å². The minimum absolute atomic E-state index is 0.0165. The summed E-state index contributed by atoms with van der Waals surface area (Å²) >= 11 is 4.50. The molecule has 74 valence electrons. The lowest BCUT2D eigenvalue weighted by molar-refractivity contribution is 0.0944. The SMILES string of the molecule is NC(=S)NNC(=O)c1ccc(O)cc1. The number of hydrazine groups is 1. The maximum Gasteiger partial charge on any atom is 0.269 e. The van der Waals surface area contributed by atoms with Crippen LogP contribution >= 0.6 is 12.2 Å². The van der Waals surface area contributed by atoms with Crippen molar-refractivity contribution in [3.05, 3.63) is 29.8 Å². The van der Waals surface area contributed by atoms with E-state index in [1.54, 1.807) is 0 Å². The largest absolute Gasteiger partial charge is 0.508 e. The zero-order valence-corrected chi connectivity index (χ0v) is 7.97. The van der Waals surface area contributed by atoms with Gasteiger partial charge in [0.05, 0.1) is 0 Å². The van der Waals surface area contributed by atoms with Gasteiger partial charge in [-0.1, -0.05) is 0 Å². The molecule has 0 radical (unpaired) electrons. The van der Waals surface area contributed by atoms with Crippen molar-refractivity contribution < 1.29 is 9.90 Å². The fourth-order valence-electron chi connectivity index (χ4n) is 0.803. The molecule has 0 bridgehead atoms. The zero-order chi connectivity index (χ0) is 10.6. The number of aromatic hydroxyl groups is 1. The first-order valence-corrected chi connectivity index (χ1v) is 4.15. The summed E-state index contributed by atoms with van der Waals surface area (Å²) in [7, 11) is 0. The highest BCUT2D eigenvalue weighted by atomic mass is 32.1. The molecule has 0 atom stereocenters. The monoisotopic (exact) mass is 211 g/mol. The molecule has 6 heteroatoms. The Morgan fingerprint density at radius 1 is 1.29 bits per heavy atom. The lowest BCUT2D eigenvalue weighted by Gasteiger charge is -2.05. The van der Waals surface area contributed by atoms with Crippen molar-refractivity contribution in [3.63, 3.8) is 0 Å². The van der Waals surface area contributed by atoms with E-state index in [-0.39, 0.29) is 16.8 Å². The number of amides is 1. The maximum atomic E-state index is 11.3. The van der Waals surface area contributed by atoms with Crippen LogP contribution in [0.4, 0.5) is 0 Å². The molecule has 0 unspecified atom stereocenters. The van der Waals surface area contributed by atoms with E-state index in [1.807, 2.05) is 0 Å². The Balaban J connectivity index is 2.61. The Labute approximate surface area is 85.9 Å². The summed E-state index contributed by atoms with van der Waals surface area (Å²) < 4.78 is 0. The zero-order valence-electron chi connectivity index (χ0n) is 7.15. The first-order chi connectivity index (χ1) is 6.59. The van der Waals surface area contributed by atoms with Gasteiger partial charge in [-0.15, -0.1) is 0 Å². The number of phenolic OH excluding ortho intramolecular Hbond substituents is 1. The average molecular weight is 211 g/mol. The molecule has 0 aliphatic rings. The molecule has 1 rings (SSSR count). The predicted molar refractivity (Wildman–Crippen MR) is 55.5 cm³/mol. The lowest BCUT2D eigenvalue weighted by Crippen LogP contribution is -2.44. The molecule has 0 saturated heterocycles. The third kappa shape index (κ3) is 2.91. The van der Waals surface area contributed by atoms with Gasteiger partial charge in [-0.2, -0.15) is 0 Å². The molecule has 1 amide bonds. The number of nitrogens with two attached hydrogens (primary N) is 1. The van der Waals surface area contributed by atoms with Crippen LogP contribution in [0.5, 0.6) is 5.75 Å². The predicted octanol–water partition coefficient (Wildman–Crippen LogP) is -0.130. The van der Waals surface area contributed by atoms with E-state index >= 15 is 0 Å². The lowest BCUT2D eigenvalue weighted by atomic mass is 10.2. The second-order valence-electron chi connectivity index (χ2n) is 2.49. The van der Waals surface area contributed by atoms with Crippen LogP contribution in [0.3, 0.4) is 0 Å². The summed E-state index contributed by atoms with van der Waals surface area (Å²) in [5, 5.41) is 8.95. The number of thiocarbonyl (C=S) groups is 1. The van der Waals surface area contributed by atoms with Gasteiger partial charge in [0.2, 0.25) is 0 Å². The summed E-state index contributed by atoms with van der Waals surface area (Å²) in [4.78, 5) is 11.3. The summed E-state index contributed by atoms with van der Waals surface area (Å²) in [6.45, 7) is 0. The summed E-state index contributed by atoms with van der Waals surface area (Å²) in [6.07, 6.45) is 0. The van der Waals surface area contributed by atoms with Crippen LogP contribution in [0, 0.1) is 0 Å². The molecule has 1 aromatic carbocycles. The van der Waals surface area contributed by atoms with Crippen LogP contribution < -0.4 is 16.6 Å². The maximum absolute atomic E-state index is 11.3. The molecule has 14 heavy (non-hydrogen) atoms. The van der Waals surface area contributed by atoms with E-state index in [1.165, 1.54) is 24.3 Å². The molecule has 0 heterocycles. The number of hydrogen-bond donors (Lipinski definition) is 4. The molecule has 5 N–H and O–H groups in total. The van der Waals surface area contributed by atoms with Crippen LogP contribution in [0.1, 0.15) is 10.4 Å². The minimum Gasteiger partial charge on any atom is -0.508 e. The molecule has 1 aromatic rings. The van der Waals surface area contributed by atoms with Gasteiger partial charge in [-0.05, 0) is 36.5 Å². The van der Waals surface area contributed by atoms with Crippen LogP contribution in [-0.2, 0) is 0 Å². The Kier molecular flexibility index (Phi) is 3.24. The van der Waals surface area contributed by atoms with Crippen LogP contribution in [0.15, 0.2) is 24.3 Å². The standard InChI is InChI=1S/C8H9N3O2S/c9-8(14)11-10-7(13)5-1-3-6(12)4-2-5/h1-4,12H,(H,10,13)(H3,9,11,14). The quantitative estimate of drug-likeness (QED) is 0.384. The Hall–Kier alpha value is -1.82. The Morgan fingerprint density at radius 2 is 1.86 bits per heavy atom. The van der Waals surface area contributed by atoms with Gasteiger partial charge >= 0.3 is 0 Å². The molecule has 0 aliphatic heterocycles. The van der Waals surface area contributed by atoms with Crippen molar-refractivity contribution in [2.45, 2.75) is 0 Å². The number of rotatable bonds is 1. The Bertz CT molecular complexity index is 350. The minimum atomic E-state index is -0.377. The molecule has 0 aromatic heterocycles. The number of hydrogen-bond acceptors (Lipinski definition) is 3. The molecular formula is C8H9N3O2S. The van der Waals surface area contributed by atoms with E-state index in [9.17, 15) is 4.79 Å². The first-order valence-electron chi connectivity index (χ1n) is 3.74. The van der Waals surface area contributed by atoms with Crippen LogP contribution in [0.25, 0.3) is 0 Å². The highest BCUT2D eigenvalue weighted by molar-refractivity contribution is 7.80. The average Bonchev–Trinajstić information content (AvgIpc) is 2.15. The number of phenols is 1. The molecule has 5 nitrogen and oxygen atoms in total. The Morgan fingerprint density at radius 3 is 2.36 bits per heavy atom. The van der Waals surface area contributed by atoms with Gasteiger partial charge in [0, 0.05) is 5.56 Å². The van der Waals surface area contributed by atoms with Crippen molar-refractivity contribution in [2.24, 2.45) is 5.73 Å². The second-order valence-corrected chi connectivity index (χ2v) is 2.93. The summed E-state index contributed by atoms with van der Waals surface area (Å²) in [6, 6.07) is 5.78. The summed E-state index contributed by atoms with van der Waals surface area (Å²) in [5.74, 6) is -0.276. The van der Waals surface area contributed by atoms with Crippen molar-refractivity contribution in [2.75, 3.05) is 0 Å². The number of carbonyl (C=O) groups excluding carboxylic acids is 1. The third-order valence-corrected chi connectivity index (χ3v) is 1.53. The van der Waals surface area contributed by atoms with Gasteiger partial charge in [0.1, 0.15) is 5.75 Å². The fraction of sp³-hybridized carbons (Fsp3) is 0. The van der Waals surface area contributed by atoms with Crippen LogP contribution in [0.2, 0.25) is 0 Å². The second kappa shape index (κ2) is 4.43. The highest BCUT2D eigenvalue weighted by Gasteiger charge is 2.03. The van der Waals surface area contributed by atoms with Gasteiger partial charge in [-0.25, -0.2) is 0 Å². The fourth-order valence-corrected chi connectivity index (χ4v) is 0.854. The van der Waals surface area contributed by atoms with Crippen molar-refractivity contribution >= 4 is 23.2 Å². The van der Waals surface area contributed by atoms with Crippen molar-refractivity contribution in [1.82, 2.24) is 10.9 Å². The molecule has 0 spiro atoms. The number of nitrogens with one attached hydrogen (secondary N) is 2. The van der Waals surface area contributed by atoms with Crippen LogP contribution in [-0.4, -0.2) is 16.1 Å². The molecular weight excluding hydrogens is 202 g/mol. The number of carbonyl (C=O) groups is 1. The van der Waals surface area contributed by atoms with E-state index in [0.29, 0.717) is 5.56 Å². The highest BCUT2D eigenvalue weighted by Crippen LogP contribution is 2.08. The van der Waals surface area contributed by atoms with Crippen molar-refractivity contribution in [3.8, 4) is 5.75 Å². The third-order valence-electron chi connectivity index (χ3n) is 1.43. The first kappa shape index (κ1) is 10.3. The smallest absolute Gasteiger partial charge is 0.269 e. The van der Waals surface area contributed by atoms with Gasteiger partial charge in [0.25, 0.3) is 5.91 Å². The van der Waals surface area contributed by atoms with E-state index in [4.69, 9.17) is 10.8 Å². The summed E-state index contributed by atoms with van der Waals surface area (Å²) in [5.41, 5.74) is 10.1. The molecule has 0 saturated carbocycles. The van der Waals surface area contributed by atoms with E-state index < -0.39 is 0 Å². The van der Waals surface area contributed by atoms with Gasteiger partial charge < -0.3 is 10.8 Å². The normalized spacial score (nSPS) is 9.14. The topological polar surface area (TPSA) is 87.4 Å². The molecule has 0 fully saturated rings. The van der Waals surface area contributed by atoms with E-state index in [2.05, 4.69) is 23.1 Å². The number of benzene rings is 1.